The zero-order valence-corrected chi connectivity index (χ0v) is 14.7. The Morgan fingerprint density at radius 1 is 0.920 bits per heavy atom. The Morgan fingerprint density at radius 3 is 2.28 bits per heavy atom. The third-order valence-corrected chi connectivity index (χ3v) is 3.80. The largest absolute Gasteiger partial charge is 0.383 e. The smallest absolute Gasteiger partial charge is 0.252 e. The number of aryl methyl sites for hydroxylation is 1. The van der Waals surface area contributed by atoms with Gasteiger partial charge in [-0.15, -0.1) is 0 Å². The number of ether oxygens (including phenoxy) is 1. The van der Waals surface area contributed by atoms with Gasteiger partial charge in [0, 0.05) is 37.9 Å². The first-order valence-electron chi connectivity index (χ1n) is 8.31. The van der Waals surface area contributed by atoms with Gasteiger partial charge >= 0.3 is 0 Å². The van der Waals surface area contributed by atoms with Crippen molar-refractivity contribution in [2.75, 3.05) is 33.4 Å². The number of benzene rings is 2. The average molecular weight is 340 g/mol. The van der Waals surface area contributed by atoms with Gasteiger partial charge in [0.05, 0.1) is 12.2 Å². The van der Waals surface area contributed by atoms with Crippen molar-refractivity contribution in [2.45, 2.75) is 6.92 Å². The van der Waals surface area contributed by atoms with Gasteiger partial charge in [-0.25, -0.2) is 0 Å². The van der Waals surface area contributed by atoms with Gasteiger partial charge in [-0.2, -0.15) is 0 Å². The van der Waals surface area contributed by atoms with E-state index in [1.54, 1.807) is 43.5 Å². The molecule has 0 saturated heterocycles. The highest BCUT2D eigenvalue weighted by molar-refractivity contribution is 6.15. The lowest BCUT2D eigenvalue weighted by Crippen LogP contribution is -2.33. The predicted octanol–water partition coefficient (Wildman–Crippen LogP) is 2.19. The van der Waals surface area contributed by atoms with Crippen molar-refractivity contribution in [1.29, 1.82) is 0 Å². The van der Waals surface area contributed by atoms with Gasteiger partial charge < -0.3 is 15.4 Å². The third-order valence-electron chi connectivity index (χ3n) is 3.80. The van der Waals surface area contributed by atoms with Crippen LogP contribution in [-0.2, 0) is 4.74 Å². The molecule has 0 aromatic heterocycles. The molecular weight excluding hydrogens is 316 g/mol. The monoisotopic (exact) mass is 340 g/mol. The molecule has 0 fully saturated rings. The van der Waals surface area contributed by atoms with Crippen LogP contribution >= 0.6 is 0 Å². The van der Waals surface area contributed by atoms with Gasteiger partial charge in [-0.05, 0) is 13.0 Å². The first-order chi connectivity index (χ1) is 12.1. The molecule has 0 radical (unpaired) electrons. The highest BCUT2D eigenvalue weighted by atomic mass is 16.5. The molecule has 2 rings (SSSR count). The van der Waals surface area contributed by atoms with Gasteiger partial charge in [0.25, 0.3) is 5.91 Å². The van der Waals surface area contributed by atoms with Crippen molar-refractivity contribution in [1.82, 2.24) is 10.6 Å². The summed E-state index contributed by atoms with van der Waals surface area (Å²) < 4.78 is 4.94. The molecule has 1 amide bonds. The Morgan fingerprint density at radius 2 is 1.60 bits per heavy atom. The summed E-state index contributed by atoms with van der Waals surface area (Å²) in [6.45, 7) is 4.45. The Bertz CT molecular complexity index is 711. The first kappa shape index (κ1) is 18.8. The summed E-state index contributed by atoms with van der Waals surface area (Å²) in [7, 11) is 1.64. The van der Waals surface area contributed by atoms with E-state index in [0.717, 1.165) is 12.1 Å². The van der Waals surface area contributed by atoms with E-state index in [0.29, 0.717) is 36.4 Å². The molecule has 0 heterocycles. The molecule has 0 aliphatic rings. The Balaban J connectivity index is 2.03. The second-order valence-corrected chi connectivity index (χ2v) is 5.74. The van der Waals surface area contributed by atoms with Crippen LogP contribution < -0.4 is 10.6 Å². The fourth-order valence-corrected chi connectivity index (χ4v) is 2.40. The number of ketones is 1. The molecule has 0 aliphatic carbocycles. The van der Waals surface area contributed by atoms with Crippen LogP contribution in [0.3, 0.4) is 0 Å². The second kappa shape index (κ2) is 9.71. The molecule has 0 bridgehead atoms. The highest BCUT2D eigenvalue weighted by Crippen LogP contribution is 2.15. The number of rotatable bonds is 9. The van der Waals surface area contributed by atoms with E-state index in [9.17, 15) is 9.59 Å². The first-order valence-corrected chi connectivity index (χ1v) is 8.31. The lowest BCUT2D eigenvalue weighted by Gasteiger charge is -2.10. The van der Waals surface area contributed by atoms with Crippen molar-refractivity contribution in [3.8, 4) is 0 Å². The lowest BCUT2D eigenvalue weighted by molar-refractivity contribution is 0.0942. The molecule has 0 saturated carbocycles. The summed E-state index contributed by atoms with van der Waals surface area (Å²) in [5.74, 6) is -0.395. The van der Waals surface area contributed by atoms with Crippen LogP contribution in [0.25, 0.3) is 0 Å². The minimum Gasteiger partial charge on any atom is -0.383 e. The summed E-state index contributed by atoms with van der Waals surface area (Å²) in [6, 6.07) is 14.2. The molecule has 2 aromatic rings. The van der Waals surface area contributed by atoms with Crippen molar-refractivity contribution in [2.24, 2.45) is 0 Å². The predicted molar refractivity (Wildman–Crippen MR) is 98.1 cm³/mol. The van der Waals surface area contributed by atoms with E-state index >= 15 is 0 Å². The summed E-state index contributed by atoms with van der Waals surface area (Å²) in [5, 5.41) is 5.99. The number of carbonyl (C=O) groups excluding carboxylic acids is 2. The van der Waals surface area contributed by atoms with Crippen molar-refractivity contribution in [3.05, 3.63) is 70.8 Å². The molecule has 5 nitrogen and oxygen atoms in total. The van der Waals surface area contributed by atoms with E-state index in [2.05, 4.69) is 10.6 Å². The van der Waals surface area contributed by atoms with E-state index in [1.807, 2.05) is 19.1 Å². The average Bonchev–Trinajstić information content (AvgIpc) is 2.64. The van der Waals surface area contributed by atoms with Crippen molar-refractivity contribution in [3.63, 3.8) is 0 Å². The normalized spacial score (nSPS) is 10.5. The van der Waals surface area contributed by atoms with Gasteiger partial charge in [0.1, 0.15) is 0 Å². The number of hydrogen-bond acceptors (Lipinski definition) is 4. The topological polar surface area (TPSA) is 67.4 Å². The van der Waals surface area contributed by atoms with Crippen LogP contribution in [0, 0.1) is 6.92 Å². The molecule has 0 unspecified atom stereocenters. The number of carbonyl (C=O) groups is 2. The third kappa shape index (κ3) is 5.52. The zero-order chi connectivity index (χ0) is 18.1. The quantitative estimate of drug-likeness (QED) is 0.542. The molecule has 25 heavy (non-hydrogen) atoms. The van der Waals surface area contributed by atoms with Crippen LogP contribution in [-0.4, -0.2) is 45.0 Å². The Kier molecular flexibility index (Phi) is 7.32. The Labute approximate surface area is 148 Å². The van der Waals surface area contributed by atoms with E-state index in [1.165, 1.54) is 0 Å². The molecular formula is C20H24N2O3. The van der Waals surface area contributed by atoms with E-state index in [4.69, 9.17) is 4.74 Å². The SMILES string of the molecule is COCCNCCNC(=O)c1ccccc1C(=O)c1ccc(C)cc1. The standard InChI is InChI=1S/C20H24N2O3/c1-15-7-9-16(10-8-15)19(23)17-5-3-4-6-18(17)20(24)22-12-11-21-13-14-25-2/h3-10,21H,11-14H2,1-2H3,(H,22,24). The van der Waals surface area contributed by atoms with Crippen LogP contribution in [0.5, 0.6) is 0 Å². The fraction of sp³-hybridized carbons (Fsp3) is 0.300. The number of hydrogen-bond donors (Lipinski definition) is 2. The number of nitrogens with one attached hydrogen (secondary N) is 2. The molecule has 0 atom stereocenters. The van der Waals surface area contributed by atoms with Gasteiger partial charge in [-0.3, -0.25) is 9.59 Å². The molecule has 0 aliphatic heterocycles. The van der Waals surface area contributed by atoms with Crippen LogP contribution in [0.2, 0.25) is 0 Å². The van der Waals surface area contributed by atoms with Crippen LogP contribution in [0.4, 0.5) is 0 Å². The maximum absolute atomic E-state index is 12.7. The van der Waals surface area contributed by atoms with Crippen LogP contribution in [0.1, 0.15) is 31.8 Å². The number of amides is 1. The summed E-state index contributed by atoms with van der Waals surface area (Å²) in [5.41, 5.74) is 2.47. The minimum absolute atomic E-state index is 0.149. The maximum Gasteiger partial charge on any atom is 0.252 e. The summed E-state index contributed by atoms with van der Waals surface area (Å²) in [4.78, 5) is 25.2. The summed E-state index contributed by atoms with van der Waals surface area (Å²) in [6.07, 6.45) is 0. The van der Waals surface area contributed by atoms with E-state index < -0.39 is 0 Å². The number of methoxy groups -OCH3 is 1. The van der Waals surface area contributed by atoms with Gasteiger partial charge in [0.2, 0.25) is 0 Å². The zero-order valence-electron chi connectivity index (χ0n) is 14.7. The van der Waals surface area contributed by atoms with Crippen molar-refractivity contribution >= 4 is 11.7 Å². The highest BCUT2D eigenvalue weighted by Gasteiger charge is 2.17. The minimum atomic E-state index is -0.246. The molecule has 0 spiro atoms. The molecule has 2 aromatic carbocycles. The van der Waals surface area contributed by atoms with Crippen LogP contribution in [0.15, 0.2) is 48.5 Å². The van der Waals surface area contributed by atoms with E-state index in [-0.39, 0.29) is 11.7 Å². The molecule has 132 valence electrons. The lowest BCUT2D eigenvalue weighted by atomic mass is 9.97. The fourth-order valence-electron chi connectivity index (χ4n) is 2.40. The van der Waals surface area contributed by atoms with Gasteiger partial charge in [-0.1, -0.05) is 48.0 Å². The molecule has 2 N–H and O–H groups in total. The van der Waals surface area contributed by atoms with Crippen molar-refractivity contribution < 1.29 is 14.3 Å². The maximum atomic E-state index is 12.7. The summed E-state index contributed by atoms with van der Waals surface area (Å²) >= 11 is 0. The second-order valence-electron chi connectivity index (χ2n) is 5.74. The molecule has 5 heteroatoms. The Hall–Kier alpha value is -2.50. The van der Waals surface area contributed by atoms with Gasteiger partial charge in [0.15, 0.2) is 5.78 Å².